The van der Waals surface area contributed by atoms with Crippen LogP contribution in [0.15, 0.2) is 42.5 Å². The smallest absolute Gasteiger partial charge is 0.0681 e. The van der Waals surface area contributed by atoms with Gasteiger partial charge in [0.1, 0.15) is 0 Å². The van der Waals surface area contributed by atoms with Gasteiger partial charge in [0, 0.05) is 6.54 Å². The second kappa shape index (κ2) is 5.56. The fourth-order valence-electron chi connectivity index (χ4n) is 1.88. The Balaban J connectivity index is 2.06. The van der Waals surface area contributed by atoms with Crippen molar-refractivity contribution in [2.75, 3.05) is 11.1 Å². The molecular weight excluding hydrogens is 224 g/mol. The lowest BCUT2D eigenvalue weighted by molar-refractivity contribution is 0.281. The molecule has 0 aliphatic heterocycles. The SMILES string of the molecule is Cc1ccc(NCc2cccc(CO)c2)c(N)c1. The molecule has 2 aromatic carbocycles. The average Bonchev–Trinajstić information content (AvgIpc) is 2.38. The Morgan fingerprint density at radius 1 is 1.11 bits per heavy atom. The van der Waals surface area contributed by atoms with E-state index in [-0.39, 0.29) is 6.61 Å². The third kappa shape index (κ3) is 3.02. The number of aliphatic hydroxyl groups excluding tert-OH is 1. The summed E-state index contributed by atoms with van der Waals surface area (Å²) in [5.74, 6) is 0. The second-order valence-corrected chi connectivity index (χ2v) is 4.42. The summed E-state index contributed by atoms with van der Waals surface area (Å²) < 4.78 is 0. The Morgan fingerprint density at radius 2 is 1.89 bits per heavy atom. The number of hydrogen-bond donors (Lipinski definition) is 3. The van der Waals surface area contributed by atoms with E-state index in [1.807, 2.05) is 49.4 Å². The second-order valence-electron chi connectivity index (χ2n) is 4.42. The molecule has 0 saturated carbocycles. The first-order valence-corrected chi connectivity index (χ1v) is 5.97. The zero-order chi connectivity index (χ0) is 13.0. The van der Waals surface area contributed by atoms with Gasteiger partial charge in [-0.2, -0.15) is 0 Å². The minimum atomic E-state index is 0.0700. The van der Waals surface area contributed by atoms with Crippen LogP contribution in [0.5, 0.6) is 0 Å². The van der Waals surface area contributed by atoms with Crippen LogP contribution < -0.4 is 11.1 Å². The number of hydrogen-bond acceptors (Lipinski definition) is 3. The first-order valence-electron chi connectivity index (χ1n) is 5.97. The molecule has 4 N–H and O–H groups in total. The number of nitrogens with one attached hydrogen (secondary N) is 1. The number of benzene rings is 2. The van der Waals surface area contributed by atoms with Gasteiger partial charge in [-0.25, -0.2) is 0 Å². The zero-order valence-electron chi connectivity index (χ0n) is 10.5. The molecule has 3 nitrogen and oxygen atoms in total. The summed E-state index contributed by atoms with van der Waals surface area (Å²) in [4.78, 5) is 0. The number of rotatable bonds is 4. The van der Waals surface area contributed by atoms with Crippen molar-refractivity contribution in [1.29, 1.82) is 0 Å². The fraction of sp³-hybridized carbons (Fsp3) is 0.200. The van der Waals surface area contributed by atoms with Crippen molar-refractivity contribution in [3.63, 3.8) is 0 Å². The van der Waals surface area contributed by atoms with Crippen molar-refractivity contribution in [3.8, 4) is 0 Å². The molecule has 0 fully saturated rings. The first-order chi connectivity index (χ1) is 8.69. The summed E-state index contributed by atoms with van der Waals surface area (Å²) in [6.45, 7) is 2.78. The van der Waals surface area contributed by atoms with E-state index in [1.54, 1.807) is 0 Å². The van der Waals surface area contributed by atoms with Crippen molar-refractivity contribution in [2.24, 2.45) is 0 Å². The van der Waals surface area contributed by atoms with Gasteiger partial charge in [0.15, 0.2) is 0 Å². The molecule has 2 aromatic rings. The maximum Gasteiger partial charge on any atom is 0.0681 e. The van der Waals surface area contributed by atoms with E-state index < -0.39 is 0 Å². The van der Waals surface area contributed by atoms with Gasteiger partial charge in [-0.1, -0.05) is 30.3 Å². The van der Waals surface area contributed by atoms with Crippen molar-refractivity contribution < 1.29 is 5.11 Å². The average molecular weight is 242 g/mol. The van der Waals surface area contributed by atoms with Crippen LogP contribution in [0, 0.1) is 6.92 Å². The molecular formula is C15H18N2O. The minimum absolute atomic E-state index is 0.0700. The quantitative estimate of drug-likeness (QED) is 0.722. The summed E-state index contributed by atoms with van der Waals surface area (Å²) >= 11 is 0. The van der Waals surface area contributed by atoms with E-state index in [0.29, 0.717) is 6.54 Å². The van der Waals surface area contributed by atoms with E-state index in [1.165, 1.54) is 0 Å². The summed E-state index contributed by atoms with van der Waals surface area (Å²) in [5, 5.41) is 12.4. The van der Waals surface area contributed by atoms with E-state index in [4.69, 9.17) is 10.8 Å². The minimum Gasteiger partial charge on any atom is -0.397 e. The predicted molar refractivity (Wildman–Crippen MR) is 75.3 cm³/mol. The van der Waals surface area contributed by atoms with Gasteiger partial charge in [0.2, 0.25) is 0 Å². The molecule has 0 amide bonds. The van der Waals surface area contributed by atoms with Crippen LogP contribution >= 0.6 is 0 Å². The standard InChI is InChI=1S/C15H18N2O/c1-11-5-6-15(14(16)7-11)17-9-12-3-2-4-13(8-12)10-18/h2-8,17-18H,9-10,16H2,1H3. The molecule has 0 atom stereocenters. The molecule has 0 spiro atoms. The third-order valence-electron chi connectivity index (χ3n) is 2.86. The molecule has 0 aliphatic rings. The van der Waals surface area contributed by atoms with Gasteiger partial charge in [-0.05, 0) is 35.7 Å². The maximum atomic E-state index is 9.08. The van der Waals surface area contributed by atoms with Crippen LogP contribution in [-0.2, 0) is 13.2 Å². The molecule has 0 unspecified atom stereocenters. The lowest BCUT2D eigenvalue weighted by Gasteiger charge is -2.10. The molecule has 3 heteroatoms. The molecule has 0 heterocycles. The Labute approximate surface area is 107 Å². The lowest BCUT2D eigenvalue weighted by atomic mass is 10.1. The molecule has 0 saturated heterocycles. The van der Waals surface area contributed by atoms with E-state index in [0.717, 1.165) is 28.1 Å². The van der Waals surface area contributed by atoms with E-state index >= 15 is 0 Å². The Bertz CT molecular complexity index is 538. The molecule has 0 radical (unpaired) electrons. The highest BCUT2D eigenvalue weighted by molar-refractivity contribution is 5.66. The lowest BCUT2D eigenvalue weighted by Crippen LogP contribution is -2.03. The van der Waals surface area contributed by atoms with E-state index in [9.17, 15) is 0 Å². The van der Waals surface area contributed by atoms with Gasteiger partial charge < -0.3 is 16.2 Å². The molecule has 0 aliphatic carbocycles. The third-order valence-corrected chi connectivity index (χ3v) is 2.86. The Hall–Kier alpha value is -2.00. The summed E-state index contributed by atoms with van der Waals surface area (Å²) in [7, 11) is 0. The van der Waals surface area contributed by atoms with Crippen molar-refractivity contribution in [3.05, 3.63) is 59.2 Å². The van der Waals surface area contributed by atoms with Gasteiger partial charge in [0.05, 0.1) is 18.0 Å². The van der Waals surface area contributed by atoms with Crippen LogP contribution in [0.2, 0.25) is 0 Å². The summed E-state index contributed by atoms with van der Waals surface area (Å²) in [6, 6.07) is 13.8. The van der Waals surface area contributed by atoms with Gasteiger partial charge in [-0.3, -0.25) is 0 Å². The van der Waals surface area contributed by atoms with Gasteiger partial charge >= 0.3 is 0 Å². The number of anilines is 2. The fourth-order valence-corrected chi connectivity index (χ4v) is 1.88. The van der Waals surface area contributed by atoms with Crippen LogP contribution in [0.3, 0.4) is 0 Å². The van der Waals surface area contributed by atoms with Crippen LogP contribution in [0.25, 0.3) is 0 Å². The Kier molecular flexibility index (Phi) is 3.85. The van der Waals surface area contributed by atoms with Crippen LogP contribution in [0.4, 0.5) is 11.4 Å². The largest absolute Gasteiger partial charge is 0.397 e. The highest BCUT2D eigenvalue weighted by Crippen LogP contribution is 2.20. The first kappa shape index (κ1) is 12.5. The van der Waals surface area contributed by atoms with Crippen LogP contribution in [-0.4, -0.2) is 5.11 Å². The normalized spacial score (nSPS) is 10.3. The number of aryl methyl sites for hydroxylation is 1. The van der Waals surface area contributed by atoms with Crippen molar-refractivity contribution in [1.82, 2.24) is 0 Å². The van der Waals surface area contributed by atoms with Gasteiger partial charge in [-0.15, -0.1) is 0 Å². The number of nitrogens with two attached hydrogens (primary N) is 1. The Morgan fingerprint density at radius 3 is 2.61 bits per heavy atom. The molecule has 18 heavy (non-hydrogen) atoms. The highest BCUT2D eigenvalue weighted by Gasteiger charge is 2.00. The monoisotopic (exact) mass is 242 g/mol. The zero-order valence-corrected chi connectivity index (χ0v) is 10.5. The highest BCUT2D eigenvalue weighted by atomic mass is 16.3. The molecule has 2 rings (SSSR count). The van der Waals surface area contributed by atoms with Gasteiger partial charge in [0.25, 0.3) is 0 Å². The maximum absolute atomic E-state index is 9.08. The number of aliphatic hydroxyl groups is 1. The molecule has 0 aromatic heterocycles. The summed E-state index contributed by atoms with van der Waals surface area (Å²) in [6.07, 6.45) is 0. The van der Waals surface area contributed by atoms with Crippen molar-refractivity contribution in [2.45, 2.75) is 20.1 Å². The predicted octanol–water partition coefficient (Wildman–Crippen LogP) is 2.68. The van der Waals surface area contributed by atoms with Crippen LogP contribution in [0.1, 0.15) is 16.7 Å². The molecule has 0 bridgehead atoms. The number of nitrogen functional groups attached to an aromatic ring is 1. The van der Waals surface area contributed by atoms with Crippen molar-refractivity contribution >= 4 is 11.4 Å². The molecule has 94 valence electrons. The topological polar surface area (TPSA) is 58.3 Å². The van der Waals surface area contributed by atoms with E-state index in [2.05, 4.69) is 5.32 Å². The summed E-state index contributed by atoms with van der Waals surface area (Å²) in [5.41, 5.74) is 10.8.